The van der Waals surface area contributed by atoms with E-state index in [4.69, 9.17) is 0 Å². The first kappa shape index (κ1) is 12.9. The summed E-state index contributed by atoms with van der Waals surface area (Å²) in [7, 11) is 0. The van der Waals surface area contributed by atoms with Crippen LogP contribution in [0.4, 0.5) is 0 Å². The molecule has 2 aromatic carbocycles. The van der Waals surface area contributed by atoms with E-state index >= 15 is 0 Å². The lowest BCUT2D eigenvalue weighted by atomic mass is 9.83. The maximum atomic E-state index is 9.41. The highest BCUT2D eigenvalue weighted by atomic mass is 14.4. The Morgan fingerprint density at radius 3 is 1.68 bits per heavy atom. The first-order valence-corrected chi connectivity index (χ1v) is 6.17. The fourth-order valence-corrected chi connectivity index (χ4v) is 2.12. The molecule has 0 saturated heterocycles. The van der Waals surface area contributed by atoms with Gasteiger partial charge in [-0.25, -0.2) is 0 Å². The van der Waals surface area contributed by atoms with Gasteiger partial charge in [0.25, 0.3) is 0 Å². The average Bonchev–Trinajstić information content (AvgIpc) is 2.47. The van der Waals surface area contributed by atoms with Gasteiger partial charge in [0.1, 0.15) is 0 Å². The van der Waals surface area contributed by atoms with Crippen LogP contribution < -0.4 is 0 Å². The smallest absolute Gasteiger partial charge is 0.0911 e. The van der Waals surface area contributed by atoms with Crippen molar-refractivity contribution in [3.8, 4) is 12.1 Å². The summed E-state index contributed by atoms with van der Waals surface area (Å²) in [6.45, 7) is 2.00. The minimum atomic E-state index is -0.437. The Labute approximate surface area is 113 Å². The van der Waals surface area contributed by atoms with E-state index in [1.807, 2.05) is 61.5 Å². The molecule has 0 aliphatic heterocycles. The van der Waals surface area contributed by atoms with E-state index in [0.717, 1.165) is 16.7 Å². The molecule has 0 fully saturated rings. The summed E-state index contributed by atoms with van der Waals surface area (Å²) in [6.07, 6.45) is 0. The number of rotatable bonds is 3. The largest absolute Gasteiger partial charge is 0.198 e. The van der Waals surface area contributed by atoms with Gasteiger partial charge in [0.05, 0.1) is 24.0 Å². The fourth-order valence-electron chi connectivity index (χ4n) is 2.12. The van der Waals surface area contributed by atoms with E-state index in [1.54, 1.807) is 0 Å². The van der Waals surface area contributed by atoms with Crippen LogP contribution in [0.5, 0.6) is 0 Å². The van der Waals surface area contributed by atoms with Crippen LogP contribution in [0.15, 0.2) is 54.6 Å². The maximum Gasteiger partial charge on any atom is 0.0911 e. The maximum absolute atomic E-state index is 9.41. The topological polar surface area (TPSA) is 47.6 Å². The van der Waals surface area contributed by atoms with Gasteiger partial charge in [-0.05, 0) is 18.1 Å². The van der Waals surface area contributed by atoms with E-state index in [1.165, 1.54) is 0 Å². The van der Waals surface area contributed by atoms with Crippen molar-refractivity contribution in [2.75, 3.05) is 0 Å². The summed E-state index contributed by atoms with van der Waals surface area (Å²) in [5.74, 6) is -0.873. The van der Waals surface area contributed by atoms with Gasteiger partial charge in [-0.1, -0.05) is 60.2 Å². The Hall–Kier alpha value is -2.58. The normalized spacial score (nSPS) is 13.0. The van der Waals surface area contributed by atoms with Gasteiger partial charge < -0.3 is 0 Å². The van der Waals surface area contributed by atoms with Crippen LogP contribution in [-0.2, 0) is 0 Å². The summed E-state index contributed by atoms with van der Waals surface area (Å²) in [5, 5.41) is 18.8. The van der Waals surface area contributed by atoms with Crippen molar-refractivity contribution >= 4 is 0 Å². The van der Waals surface area contributed by atoms with Crippen LogP contribution in [0.2, 0.25) is 0 Å². The minimum Gasteiger partial charge on any atom is -0.198 e. The van der Waals surface area contributed by atoms with Gasteiger partial charge >= 0.3 is 0 Å². The van der Waals surface area contributed by atoms with Crippen LogP contribution in [-0.4, -0.2) is 0 Å². The molecule has 0 N–H and O–H groups in total. The van der Waals surface area contributed by atoms with Gasteiger partial charge in [0.2, 0.25) is 0 Å². The average molecular weight is 246 g/mol. The molecule has 0 saturated carbocycles. The molecule has 0 spiro atoms. The second-order valence-electron chi connectivity index (χ2n) is 4.53. The number of benzene rings is 2. The molecule has 92 valence electrons. The van der Waals surface area contributed by atoms with Crippen LogP contribution in [0.3, 0.4) is 0 Å². The molecule has 0 aliphatic rings. The lowest BCUT2D eigenvalue weighted by Crippen LogP contribution is -2.08. The quantitative estimate of drug-likeness (QED) is 0.824. The minimum absolute atomic E-state index is 0.436. The van der Waals surface area contributed by atoms with Gasteiger partial charge in [0.15, 0.2) is 0 Å². The second-order valence-corrected chi connectivity index (χ2v) is 4.53. The highest BCUT2D eigenvalue weighted by molar-refractivity contribution is 5.37. The summed E-state index contributed by atoms with van der Waals surface area (Å²) >= 11 is 0. The third-order valence-corrected chi connectivity index (χ3v) is 3.21. The Balaban J connectivity index is 2.39. The summed E-state index contributed by atoms with van der Waals surface area (Å²) in [5.41, 5.74) is 2.93. The molecule has 0 aromatic heterocycles. The number of aryl methyl sites for hydroxylation is 1. The molecular weight excluding hydrogens is 232 g/mol. The van der Waals surface area contributed by atoms with Crippen molar-refractivity contribution in [1.29, 1.82) is 10.5 Å². The highest BCUT2D eigenvalue weighted by Gasteiger charge is 2.24. The molecule has 0 amide bonds. The van der Waals surface area contributed by atoms with E-state index in [-0.39, 0.29) is 0 Å². The van der Waals surface area contributed by atoms with Gasteiger partial charge in [-0.3, -0.25) is 0 Å². The molecule has 2 rings (SSSR count). The second kappa shape index (κ2) is 5.85. The molecular formula is C17H14N2. The van der Waals surface area contributed by atoms with Crippen molar-refractivity contribution in [3.63, 3.8) is 0 Å². The molecule has 2 nitrogen and oxygen atoms in total. The summed E-state index contributed by atoms with van der Waals surface area (Å²) in [6, 6.07) is 21.8. The van der Waals surface area contributed by atoms with Crippen LogP contribution in [0.1, 0.15) is 28.5 Å². The molecule has 2 heteroatoms. The molecule has 2 aromatic rings. The van der Waals surface area contributed by atoms with Crippen LogP contribution in [0, 0.1) is 29.6 Å². The Morgan fingerprint density at radius 1 is 0.737 bits per heavy atom. The van der Waals surface area contributed by atoms with E-state index < -0.39 is 11.8 Å². The fraction of sp³-hybridized carbons (Fsp3) is 0.176. The molecule has 0 bridgehead atoms. The number of nitriles is 2. The molecule has 19 heavy (non-hydrogen) atoms. The van der Waals surface area contributed by atoms with Crippen molar-refractivity contribution in [2.24, 2.45) is 0 Å². The lowest BCUT2D eigenvalue weighted by Gasteiger charge is -2.16. The monoisotopic (exact) mass is 246 g/mol. The predicted molar refractivity (Wildman–Crippen MR) is 74.3 cm³/mol. The van der Waals surface area contributed by atoms with Crippen molar-refractivity contribution in [1.82, 2.24) is 0 Å². The van der Waals surface area contributed by atoms with Gasteiger partial charge in [-0.15, -0.1) is 0 Å². The number of hydrogen-bond acceptors (Lipinski definition) is 2. The Kier molecular flexibility index (Phi) is 3.96. The molecule has 0 aliphatic carbocycles. The van der Waals surface area contributed by atoms with E-state index in [0.29, 0.717) is 0 Å². The first-order chi connectivity index (χ1) is 9.26. The van der Waals surface area contributed by atoms with Crippen molar-refractivity contribution < 1.29 is 0 Å². The summed E-state index contributed by atoms with van der Waals surface area (Å²) < 4.78 is 0. The lowest BCUT2D eigenvalue weighted by molar-refractivity contribution is 0.761. The standard InChI is InChI=1S/C17H14N2/c1-13-7-9-15(10-8-13)17(12-19)16(11-18)14-5-3-2-4-6-14/h2-10,16-17H,1H3/t16-,17-/m0/s1. The molecule has 0 unspecified atom stereocenters. The van der Waals surface area contributed by atoms with E-state index in [2.05, 4.69) is 12.1 Å². The Morgan fingerprint density at radius 2 is 1.21 bits per heavy atom. The number of nitrogens with zero attached hydrogens (tertiary/aromatic N) is 2. The zero-order valence-electron chi connectivity index (χ0n) is 10.7. The molecule has 0 heterocycles. The predicted octanol–water partition coefficient (Wildman–Crippen LogP) is 3.91. The van der Waals surface area contributed by atoms with Crippen molar-refractivity contribution in [2.45, 2.75) is 18.8 Å². The zero-order valence-corrected chi connectivity index (χ0v) is 10.7. The summed E-state index contributed by atoms with van der Waals surface area (Å²) in [4.78, 5) is 0. The van der Waals surface area contributed by atoms with Crippen LogP contribution in [0.25, 0.3) is 0 Å². The zero-order chi connectivity index (χ0) is 13.7. The van der Waals surface area contributed by atoms with Gasteiger partial charge in [0, 0.05) is 0 Å². The third kappa shape index (κ3) is 2.81. The molecule has 2 atom stereocenters. The molecule has 0 radical (unpaired) electrons. The SMILES string of the molecule is Cc1ccc([C@H](C#N)[C@@H](C#N)c2ccccc2)cc1. The highest BCUT2D eigenvalue weighted by Crippen LogP contribution is 2.32. The van der Waals surface area contributed by atoms with Crippen molar-refractivity contribution in [3.05, 3.63) is 71.3 Å². The Bertz CT molecular complexity index is 615. The first-order valence-electron chi connectivity index (χ1n) is 6.17. The van der Waals surface area contributed by atoms with Gasteiger partial charge in [-0.2, -0.15) is 10.5 Å². The van der Waals surface area contributed by atoms with Crippen LogP contribution >= 0.6 is 0 Å². The van der Waals surface area contributed by atoms with E-state index in [9.17, 15) is 10.5 Å². The third-order valence-electron chi connectivity index (χ3n) is 3.21. The number of hydrogen-bond donors (Lipinski definition) is 0.